The van der Waals surface area contributed by atoms with Gasteiger partial charge in [-0.25, -0.2) is 0 Å². The molecule has 2 N–H and O–H groups in total. The van der Waals surface area contributed by atoms with Crippen molar-refractivity contribution in [3.05, 3.63) is 17.5 Å². The normalized spacial score (nSPS) is 18.2. The Balaban J connectivity index is 1.92. The summed E-state index contributed by atoms with van der Waals surface area (Å²) < 4.78 is 5.05. The van der Waals surface area contributed by atoms with Crippen molar-refractivity contribution in [2.75, 3.05) is 0 Å². The van der Waals surface area contributed by atoms with Crippen molar-refractivity contribution in [3.63, 3.8) is 0 Å². The maximum absolute atomic E-state index is 5.44. The van der Waals surface area contributed by atoms with Crippen molar-refractivity contribution < 1.29 is 4.52 Å². The third-order valence-electron chi connectivity index (χ3n) is 2.78. The molecule has 1 aromatic rings. The quantitative estimate of drug-likeness (QED) is 0.772. The molecule has 0 amide bonds. The van der Waals surface area contributed by atoms with Gasteiger partial charge in [0.15, 0.2) is 5.76 Å². The SMILES string of the molecule is NCc1cc(CC2CCCC2)no1. The van der Waals surface area contributed by atoms with Crippen molar-refractivity contribution in [2.24, 2.45) is 11.7 Å². The Bertz CT molecular complexity index is 264. The summed E-state index contributed by atoms with van der Waals surface area (Å²) in [5, 5.41) is 4.00. The molecular formula is C10H16N2O. The molecule has 3 nitrogen and oxygen atoms in total. The predicted octanol–water partition coefficient (Wildman–Crippen LogP) is 1.87. The fraction of sp³-hybridized carbons (Fsp3) is 0.700. The first-order chi connectivity index (χ1) is 6.38. The molecule has 1 aromatic heterocycles. The number of rotatable bonds is 3. The lowest BCUT2D eigenvalue weighted by molar-refractivity contribution is 0.373. The Labute approximate surface area is 78.3 Å². The standard InChI is InChI=1S/C10H16N2O/c11-7-10-6-9(12-13-10)5-8-3-1-2-4-8/h6,8H,1-5,7,11H2. The average molecular weight is 180 g/mol. The van der Waals surface area contributed by atoms with E-state index in [-0.39, 0.29) is 0 Å². The minimum absolute atomic E-state index is 0.456. The zero-order valence-electron chi connectivity index (χ0n) is 7.83. The number of aromatic nitrogens is 1. The number of nitrogens with zero attached hydrogens (tertiary/aromatic N) is 1. The molecule has 1 aliphatic carbocycles. The molecule has 0 saturated heterocycles. The van der Waals surface area contributed by atoms with Gasteiger partial charge >= 0.3 is 0 Å². The summed E-state index contributed by atoms with van der Waals surface area (Å²) in [5.74, 6) is 1.63. The van der Waals surface area contributed by atoms with Crippen molar-refractivity contribution >= 4 is 0 Å². The highest BCUT2D eigenvalue weighted by Crippen LogP contribution is 2.27. The first-order valence-electron chi connectivity index (χ1n) is 5.03. The maximum Gasteiger partial charge on any atom is 0.150 e. The summed E-state index contributed by atoms with van der Waals surface area (Å²) in [4.78, 5) is 0. The highest BCUT2D eigenvalue weighted by atomic mass is 16.5. The molecule has 1 aliphatic rings. The van der Waals surface area contributed by atoms with Gasteiger partial charge in [0.05, 0.1) is 12.2 Å². The summed E-state index contributed by atoms with van der Waals surface area (Å²) in [6.45, 7) is 0.456. The first-order valence-corrected chi connectivity index (χ1v) is 5.03. The van der Waals surface area contributed by atoms with Gasteiger partial charge in [0, 0.05) is 6.07 Å². The molecule has 1 fully saturated rings. The number of hydrogen-bond donors (Lipinski definition) is 1. The van der Waals surface area contributed by atoms with E-state index >= 15 is 0 Å². The van der Waals surface area contributed by atoms with Gasteiger partial charge in [0.1, 0.15) is 0 Å². The molecule has 2 rings (SSSR count). The predicted molar refractivity (Wildman–Crippen MR) is 50.1 cm³/mol. The van der Waals surface area contributed by atoms with Gasteiger partial charge < -0.3 is 10.3 Å². The van der Waals surface area contributed by atoms with Crippen LogP contribution in [0.25, 0.3) is 0 Å². The van der Waals surface area contributed by atoms with Crippen LogP contribution in [0.15, 0.2) is 10.6 Å². The highest BCUT2D eigenvalue weighted by molar-refractivity contribution is 5.06. The van der Waals surface area contributed by atoms with Crippen LogP contribution in [0.1, 0.15) is 37.1 Å². The van der Waals surface area contributed by atoms with Crippen LogP contribution in [-0.2, 0) is 13.0 Å². The van der Waals surface area contributed by atoms with E-state index in [4.69, 9.17) is 10.3 Å². The van der Waals surface area contributed by atoms with Gasteiger partial charge in [-0.15, -0.1) is 0 Å². The van der Waals surface area contributed by atoms with Crippen LogP contribution in [0.3, 0.4) is 0 Å². The minimum atomic E-state index is 0.456. The summed E-state index contributed by atoms with van der Waals surface area (Å²) in [6.07, 6.45) is 6.54. The molecule has 3 heteroatoms. The molecule has 72 valence electrons. The van der Waals surface area contributed by atoms with Gasteiger partial charge in [0.25, 0.3) is 0 Å². The highest BCUT2D eigenvalue weighted by Gasteiger charge is 2.17. The molecule has 0 spiro atoms. The topological polar surface area (TPSA) is 52.0 Å². The summed E-state index contributed by atoms with van der Waals surface area (Å²) in [6, 6.07) is 1.98. The lowest BCUT2D eigenvalue weighted by Gasteiger charge is -2.03. The molecule has 0 aromatic carbocycles. The van der Waals surface area contributed by atoms with Crippen LogP contribution >= 0.6 is 0 Å². The van der Waals surface area contributed by atoms with Crippen molar-refractivity contribution in [1.82, 2.24) is 5.16 Å². The maximum atomic E-state index is 5.44. The van der Waals surface area contributed by atoms with Crippen LogP contribution in [0, 0.1) is 5.92 Å². The molecule has 0 atom stereocenters. The van der Waals surface area contributed by atoms with Crippen LogP contribution in [0.5, 0.6) is 0 Å². The van der Waals surface area contributed by atoms with Gasteiger partial charge in [-0.3, -0.25) is 0 Å². The third-order valence-corrected chi connectivity index (χ3v) is 2.78. The summed E-state index contributed by atoms with van der Waals surface area (Å²) >= 11 is 0. The van der Waals surface area contributed by atoms with E-state index in [9.17, 15) is 0 Å². The van der Waals surface area contributed by atoms with E-state index in [0.29, 0.717) is 6.54 Å². The second-order valence-corrected chi connectivity index (χ2v) is 3.84. The van der Waals surface area contributed by atoms with Crippen molar-refractivity contribution in [2.45, 2.75) is 38.6 Å². The van der Waals surface area contributed by atoms with Crippen molar-refractivity contribution in [3.8, 4) is 0 Å². The minimum Gasteiger partial charge on any atom is -0.360 e. The Morgan fingerprint density at radius 3 is 2.85 bits per heavy atom. The monoisotopic (exact) mass is 180 g/mol. The van der Waals surface area contributed by atoms with E-state index in [1.807, 2.05) is 6.07 Å². The zero-order chi connectivity index (χ0) is 9.10. The van der Waals surface area contributed by atoms with Crippen LogP contribution in [0.4, 0.5) is 0 Å². The number of hydrogen-bond acceptors (Lipinski definition) is 3. The molecule has 0 unspecified atom stereocenters. The number of nitrogens with two attached hydrogens (primary N) is 1. The van der Waals surface area contributed by atoms with Gasteiger partial charge in [-0.1, -0.05) is 30.8 Å². The van der Waals surface area contributed by atoms with E-state index in [1.165, 1.54) is 25.7 Å². The first kappa shape index (κ1) is 8.75. The molecule has 1 heterocycles. The molecule has 0 radical (unpaired) electrons. The Morgan fingerprint density at radius 2 is 2.23 bits per heavy atom. The van der Waals surface area contributed by atoms with Crippen LogP contribution in [0.2, 0.25) is 0 Å². The third kappa shape index (κ3) is 2.10. The fourth-order valence-corrected chi connectivity index (χ4v) is 2.06. The summed E-state index contributed by atoms with van der Waals surface area (Å²) in [5.41, 5.74) is 6.51. The molecule has 1 saturated carbocycles. The fourth-order valence-electron chi connectivity index (χ4n) is 2.06. The van der Waals surface area contributed by atoms with E-state index < -0.39 is 0 Å². The molecule has 0 bridgehead atoms. The Hall–Kier alpha value is -0.830. The molecule has 0 aliphatic heterocycles. The van der Waals surface area contributed by atoms with Gasteiger partial charge in [-0.2, -0.15) is 0 Å². The van der Waals surface area contributed by atoms with Crippen molar-refractivity contribution in [1.29, 1.82) is 0 Å². The lowest BCUT2D eigenvalue weighted by atomic mass is 10.0. The average Bonchev–Trinajstić information content (AvgIpc) is 2.76. The van der Waals surface area contributed by atoms with Gasteiger partial charge in [0.2, 0.25) is 0 Å². The Kier molecular flexibility index (Phi) is 2.64. The van der Waals surface area contributed by atoms with Crippen LogP contribution in [-0.4, -0.2) is 5.16 Å². The van der Waals surface area contributed by atoms with E-state index in [1.54, 1.807) is 0 Å². The second-order valence-electron chi connectivity index (χ2n) is 3.84. The summed E-state index contributed by atoms with van der Waals surface area (Å²) in [7, 11) is 0. The van der Waals surface area contributed by atoms with E-state index in [2.05, 4.69) is 5.16 Å². The second kappa shape index (κ2) is 3.92. The molecular weight excluding hydrogens is 164 g/mol. The van der Waals surface area contributed by atoms with E-state index in [0.717, 1.165) is 23.8 Å². The lowest BCUT2D eigenvalue weighted by Crippen LogP contribution is -1.98. The van der Waals surface area contributed by atoms with Crippen LogP contribution < -0.4 is 5.73 Å². The Morgan fingerprint density at radius 1 is 1.46 bits per heavy atom. The zero-order valence-corrected chi connectivity index (χ0v) is 7.83. The van der Waals surface area contributed by atoms with Gasteiger partial charge in [-0.05, 0) is 12.3 Å². The molecule has 13 heavy (non-hydrogen) atoms. The smallest absolute Gasteiger partial charge is 0.150 e. The largest absolute Gasteiger partial charge is 0.360 e.